The van der Waals surface area contributed by atoms with Crippen molar-refractivity contribution in [1.82, 2.24) is 14.9 Å². The van der Waals surface area contributed by atoms with Crippen LogP contribution in [0.1, 0.15) is 18.5 Å². The first-order valence-corrected chi connectivity index (χ1v) is 10.3. The van der Waals surface area contributed by atoms with E-state index in [2.05, 4.69) is 14.8 Å². The zero-order valence-corrected chi connectivity index (χ0v) is 16.5. The van der Waals surface area contributed by atoms with Crippen LogP contribution in [-0.2, 0) is 0 Å². The van der Waals surface area contributed by atoms with Crippen LogP contribution in [0.5, 0.6) is 0 Å². The number of aromatic nitrogens is 2. The van der Waals surface area contributed by atoms with Crippen LogP contribution in [-0.4, -0.2) is 70.5 Å². The summed E-state index contributed by atoms with van der Waals surface area (Å²) in [6.07, 6.45) is 1.56. The third-order valence-corrected chi connectivity index (χ3v) is 6.06. The van der Waals surface area contributed by atoms with Crippen molar-refractivity contribution in [1.29, 1.82) is 0 Å². The summed E-state index contributed by atoms with van der Waals surface area (Å²) in [5, 5.41) is 19.7. The number of piperidine rings is 1. The van der Waals surface area contributed by atoms with Crippen molar-refractivity contribution >= 4 is 5.82 Å². The van der Waals surface area contributed by atoms with Gasteiger partial charge in [0.1, 0.15) is 5.82 Å². The maximum atomic E-state index is 9.94. The highest BCUT2D eigenvalue weighted by Crippen LogP contribution is 2.30. The fraction of sp³-hybridized carbons (Fsp3) is 0.545. The van der Waals surface area contributed by atoms with Crippen molar-refractivity contribution < 1.29 is 10.2 Å². The number of aliphatic hydroxyl groups is 2. The molecule has 2 saturated heterocycles. The predicted octanol–water partition coefficient (Wildman–Crippen LogP) is 1.95. The van der Waals surface area contributed by atoms with Crippen LogP contribution in [0.25, 0.3) is 11.4 Å². The Morgan fingerprint density at radius 1 is 1.04 bits per heavy atom. The van der Waals surface area contributed by atoms with Gasteiger partial charge in [-0.15, -0.1) is 0 Å². The summed E-state index contributed by atoms with van der Waals surface area (Å²) in [4.78, 5) is 14.2. The molecule has 3 heterocycles. The summed E-state index contributed by atoms with van der Waals surface area (Å²) in [5.74, 6) is 2.36. The fourth-order valence-electron chi connectivity index (χ4n) is 4.40. The number of aliphatic hydroxyl groups excluding tert-OH is 2. The van der Waals surface area contributed by atoms with Gasteiger partial charge >= 0.3 is 0 Å². The first-order chi connectivity index (χ1) is 13.6. The summed E-state index contributed by atoms with van der Waals surface area (Å²) < 4.78 is 0. The van der Waals surface area contributed by atoms with Crippen LogP contribution < -0.4 is 4.90 Å². The largest absolute Gasteiger partial charge is 0.396 e. The second-order valence-electron chi connectivity index (χ2n) is 8.20. The number of hydrogen-bond donors (Lipinski definition) is 2. The molecular weight excluding hydrogens is 352 g/mol. The van der Waals surface area contributed by atoms with E-state index in [1.165, 1.54) is 0 Å². The van der Waals surface area contributed by atoms with E-state index in [9.17, 15) is 10.2 Å². The molecule has 1 aromatic carbocycles. The van der Waals surface area contributed by atoms with Gasteiger partial charge in [-0.2, -0.15) is 0 Å². The maximum Gasteiger partial charge on any atom is 0.161 e. The molecule has 2 N–H and O–H groups in total. The molecule has 1 aromatic heterocycles. The Labute approximate surface area is 166 Å². The first kappa shape index (κ1) is 19.3. The molecule has 0 amide bonds. The number of anilines is 1. The summed E-state index contributed by atoms with van der Waals surface area (Å²) in [6.45, 7) is 6.80. The zero-order chi connectivity index (χ0) is 19.5. The summed E-state index contributed by atoms with van der Waals surface area (Å²) >= 11 is 0. The average molecular weight is 383 g/mol. The molecule has 150 valence electrons. The molecule has 28 heavy (non-hydrogen) atoms. The van der Waals surface area contributed by atoms with E-state index in [1.54, 1.807) is 0 Å². The molecular formula is C22H30N4O2. The smallest absolute Gasteiger partial charge is 0.161 e. The quantitative estimate of drug-likeness (QED) is 0.824. The van der Waals surface area contributed by atoms with Gasteiger partial charge in [-0.3, -0.25) is 0 Å². The van der Waals surface area contributed by atoms with E-state index in [1.807, 2.05) is 43.3 Å². The highest BCUT2D eigenvalue weighted by molar-refractivity contribution is 5.58. The van der Waals surface area contributed by atoms with Gasteiger partial charge in [0.05, 0.1) is 6.10 Å². The van der Waals surface area contributed by atoms with Crippen LogP contribution in [0, 0.1) is 18.8 Å². The highest BCUT2D eigenvalue weighted by atomic mass is 16.3. The summed E-state index contributed by atoms with van der Waals surface area (Å²) in [5.41, 5.74) is 1.98. The number of rotatable bonds is 5. The molecule has 4 rings (SSSR count). The lowest BCUT2D eigenvalue weighted by Crippen LogP contribution is -2.40. The second-order valence-corrected chi connectivity index (χ2v) is 8.20. The second kappa shape index (κ2) is 8.55. The van der Waals surface area contributed by atoms with Gasteiger partial charge in [-0.25, -0.2) is 9.97 Å². The Morgan fingerprint density at radius 2 is 1.75 bits per heavy atom. The van der Waals surface area contributed by atoms with E-state index in [4.69, 9.17) is 4.98 Å². The van der Waals surface area contributed by atoms with Crippen LogP contribution >= 0.6 is 0 Å². The minimum atomic E-state index is -0.148. The van der Waals surface area contributed by atoms with Gasteiger partial charge in [0.15, 0.2) is 5.82 Å². The van der Waals surface area contributed by atoms with E-state index in [0.717, 1.165) is 68.5 Å². The van der Waals surface area contributed by atoms with Gasteiger partial charge in [0, 0.05) is 62.6 Å². The molecule has 0 saturated carbocycles. The molecule has 0 aliphatic carbocycles. The molecule has 6 heteroatoms. The number of benzene rings is 1. The van der Waals surface area contributed by atoms with E-state index in [-0.39, 0.29) is 18.6 Å². The van der Waals surface area contributed by atoms with E-state index >= 15 is 0 Å². The normalized spacial score (nSPS) is 24.0. The molecule has 2 aliphatic heterocycles. The van der Waals surface area contributed by atoms with Gasteiger partial charge in [-0.1, -0.05) is 30.3 Å². The third-order valence-electron chi connectivity index (χ3n) is 6.06. The molecule has 2 aromatic rings. The van der Waals surface area contributed by atoms with Crippen molar-refractivity contribution in [2.45, 2.75) is 25.9 Å². The van der Waals surface area contributed by atoms with Gasteiger partial charge < -0.3 is 20.0 Å². The lowest BCUT2D eigenvalue weighted by Gasteiger charge is -2.32. The van der Waals surface area contributed by atoms with E-state index in [0.29, 0.717) is 5.92 Å². The van der Waals surface area contributed by atoms with Crippen LogP contribution in [0.2, 0.25) is 0 Å². The van der Waals surface area contributed by atoms with E-state index < -0.39 is 0 Å². The molecule has 0 unspecified atom stereocenters. The minimum absolute atomic E-state index is 0.148. The summed E-state index contributed by atoms with van der Waals surface area (Å²) in [6, 6.07) is 12.1. The zero-order valence-electron chi connectivity index (χ0n) is 16.5. The Morgan fingerprint density at radius 3 is 2.46 bits per heavy atom. The molecule has 0 bridgehead atoms. The number of aryl methyl sites for hydroxylation is 1. The van der Waals surface area contributed by atoms with Crippen LogP contribution in [0.3, 0.4) is 0 Å². The minimum Gasteiger partial charge on any atom is -0.396 e. The van der Waals surface area contributed by atoms with Crippen molar-refractivity contribution in [2.75, 3.05) is 44.2 Å². The van der Waals surface area contributed by atoms with Gasteiger partial charge in [0.25, 0.3) is 0 Å². The third kappa shape index (κ3) is 4.35. The predicted molar refractivity (Wildman–Crippen MR) is 110 cm³/mol. The lowest BCUT2D eigenvalue weighted by atomic mass is 9.95. The Balaban J connectivity index is 1.49. The van der Waals surface area contributed by atoms with Crippen molar-refractivity contribution in [3.05, 3.63) is 42.1 Å². The molecule has 2 atom stereocenters. The lowest BCUT2D eigenvalue weighted by molar-refractivity contribution is 0.0687. The monoisotopic (exact) mass is 382 g/mol. The van der Waals surface area contributed by atoms with Crippen LogP contribution in [0.4, 0.5) is 5.82 Å². The molecule has 0 radical (unpaired) electrons. The van der Waals surface area contributed by atoms with Crippen molar-refractivity contribution in [2.24, 2.45) is 11.8 Å². The molecule has 0 spiro atoms. The average Bonchev–Trinajstić information content (AvgIpc) is 3.13. The van der Waals surface area contributed by atoms with Gasteiger partial charge in [0.2, 0.25) is 0 Å². The number of hydrogen-bond acceptors (Lipinski definition) is 6. The Kier molecular flexibility index (Phi) is 5.90. The standard InChI is InChI=1S/C22H30N4O2/c1-16-11-21(24-22(23-16)17-5-3-2-4-6-17)26-13-18(19(14-26)15-27)12-25-9-7-20(28)8-10-25/h2-6,11,18-20,27-28H,7-10,12-15H2,1H3/t18-,19-/m0/s1. The number of nitrogens with zero attached hydrogens (tertiary/aromatic N) is 4. The maximum absolute atomic E-state index is 9.94. The Hall–Kier alpha value is -2.02. The van der Waals surface area contributed by atoms with Gasteiger partial charge in [-0.05, 0) is 25.7 Å². The fourth-order valence-corrected chi connectivity index (χ4v) is 4.40. The topological polar surface area (TPSA) is 72.7 Å². The SMILES string of the molecule is Cc1cc(N2C[C@@H](CO)[C@@H](CN3CCC(O)CC3)C2)nc(-c2ccccc2)n1. The summed E-state index contributed by atoms with van der Waals surface area (Å²) in [7, 11) is 0. The van der Waals surface area contributed by atoms with Crippen LogP contribution in [0.15, 0.2) is 36.4 Å². The Bertz CT molecular complexity index is 777. The highest BCUT2D eigenvalue weighted by Gasteiger charge is 2.35. The molecule has 2 aliphatic rings. The molecule has 6 nitrogen and oxygen atoms in total. The first-order valence-electron chi connectivity index (χ1n) is 10.3. The molecule has 2 fully saturated rings. The van der Waals surface area contributed by atoms with Crippen molar-refractivity contribution in [3.63, 3.8) is 0 Å². The number of likely N-dealkylation sites (tertiary alicyclic amines) is 1. The van der Waals surface area contributed by atoms with Crippen molar-refractivity contribution in [3.8, 4) is 11.4 Å².